The van der Waals surface area contributed by atoms with Gasteiger partial charge in [0.2, 0.25) is 5.91 Å². The van der Waals surface area contributed by atoms with Crippen molar-refractivity contribution in [3.63, 3.8) is 0 Å². The molecule has 0 atom stereocenters. The van der Waals surface area contributed by atoms with Gasteiger partial charge in [-0.1, -0.05) is 42.8 Å². The number of amides is 2. The quantitative estimate of drug-likeness (QED) is 0.398. The van der Waals surface area contributed by atoms with Crippen LogP contribution in [0.5, 0.6) is 0 Å². The number of nitrogens with zero attached hydrogens (tertiary/aromatic N) is 1. The largest absolute Gasteiger partial charge is 0.465 e. The highest BCUT2D eigenvalue weighted by molar-refractivity contribution is 6.09. The fourth-order valence-electron chi connectivity index (χ4n) is 4.17. The third kappa shape index (κ3) is 5.94. The van der Waals surface area contributed by atoms with E-state index in [1.165, 1.54) is 25.3 Å². The summed E-state index contributed by atoms with van der Waals surface area (Å²) < 4.78 is 4.86. The molecule has 1 aliphatic heterocycles. The van der Waals surface area contributed by atoms with E-state index in [-0.39, 0.29) is 17.2 Å². The molecule has 4 rings (SSSR count). The summed E-state index contributed by atoms with van der Waals surface area (Å²) in [5.41, 5.74) is 5.32. The predicted molar refractivity (Wildman–Crippen MR) is 137 cm³/mol. The van der Waals surface area contributed by atoms with Gasteiger partial charge in [0, 0.05) is 24.7 Å². The van der Waals surface area contributed by atoms with Gasteiger partial charge in [-0.3, -0.25) is 15.0 Å². The standard InChI is InChI=1S/C28H29N3O4/c1-19(21-11-10-20-8-4-5-9-22(20)17-21)16-26(32)29-25-18-23(12-13-24(25)28(34)35-2)27(33)30-31-14-6-3-7-15-31/h4-5,8-13,16-18H,3,6-7,14-15H2,1-2H3,(H,29,32)(H,30,33)/b19-16-. The molecule has 2 amide bonds. The SMILES string of the molecule is COC(=O)c1ccc(C(=O)NN2CCCCC2)cc1NC(=O)/C=C(/C)c1ccc2ccccc2c1. The molecule has 0 radical (unpaired) electrons. The molecule has 3 aromatic carbocycles. The number of methoxy groups -OCH3 is 1. The topological polar surface area (TPSA) is 87.7 Å². The van der Waals surface area contributed by atoms with E-state index in [0.29, 0.717) is 5.56 Å². The van der Waals surface area contributed by atoms with Gasteiger partial charge in [0.05, 0.1) is 18.4 Å². The number of carbonyl (C=O) groups excluding carboxylic acids is 3. The summed E-state index contributed by atoms with van der Waals surface area (Å²) in [6.45, 7) is 3.45. The maximum Gasteiger partial charge on any atom is 0.339 e. The molecular formula is C28H29N3O4. The highest BCUT2D eigenvalue weighted by atomic mass is 16.5. The number of fused-ring (bicyclic) bond motifs is 1. The molecule has 1 fully saturated rings. The lowest BCUT2D eigenvalue weighted by Gasteiger charge is -2.26. The van der Waals surface area contributed by atoms with Crippen molar-refractivity contribution < 1.29 is 19.1 Å². The molecule has 7 nitrogen and oxygen atoms in total. The summed E-state index contributed by atoms with van der Waals surface area (Å²) in [6.07, 6.45) is 4.70. The summed E-state index contributed by atoms with van der Waals surface area (Å²) in [5, 5.41) is 6.85. The normalized spacial score (nSPS) is 14.4. The molecule has 0 saturated carbocycles. The lowest BCUT2D eigenvalue weighted by Crippen LogP contribution is -2.45. The Morgan fingerprint density at radius 3 is 2.34 bits per heavy atom. The highest BCUT2D eigenvalue weighted by Crippen LogP contribution is 2.23. The van der Waals surface area contributed by atoms with Gasteiger partial charge in [0.25, 0.3) is 5.91 Å². The second kappa shape index (κ2) is 11.0. The number of allylic oxidation sites excluding steroid dienone is 1. The minimum absolute atomic E-state index is 0.173. The van der Waals surface area contributed by atoms with Gasteiger partial charge in [0.15, 0.2) is 0 Å². The number of piperidine rings is 1. The smallest absolute Gasteiger partial charge is 0.339 e. The van der Waals surface area contributed by atoms with Crippen molar-refractivity contribution in [1.29, 1.82) is 0 Å². The van der Waals surface area contributed by atoms with Crippen LogP contribution in [0, 0.1) is 0 Å². The average Bonchev–Trinajstić information content (AvgIpc) is 2.88. The van der Waals surface area contributed by atoms with Gasteiger partial charge in [-0.2, -0.15) is 0 Å². The van der Waals surface area contributed by atoms with Gasteiger partial charge in [-0.15, -0.1) is 0 Å². The molecule has 1 aliphatic rings. The van der Waals surface area contributed by atoms with Gasteiger partial charge in [-0.05, 0) is 65.9 Å². The van der Waals surface area contributed by atoms with Gasteiger partial charge in [-0.25, -0.2) is 9.80 Å². The number of esters is 1. The summed E-state index contributed by atoms with van der Waals surface area (Å²) in [7, 11) is 1.27. The summed E-state index contributed by atoms with van der Waals surface area (Å²) in [6, 6.07) is 18.6. The molecular weight excluding hydrogens is 442 g/mol. The van der Waals surface area contributed by atoms with Crippen LogP contribution >= 0.6 is 0 Å². The van der Waals surface area contributed by atoms with Crippen LogP contribution in [-0.4, -0.2) is 43.0 Å². The second-order valence-corrected chi connectivity index (χ2v) is 8.62. The number of rotatable bonds is 6. The third-order valence-electron chi connectivity index (χ3n) is 6.11. The molecule has 3 aromatic rings. The number of carbonyl (C=O) groups is 3. The lowest BCUT2D eigenvalue weighted by molar-refractivity contribution is -0.111. The fourth-order valence-corrected chi connectivity index (χ4v) is 4.17. The molecule has 0 spiro atoms. The molecule has 1 saturated heterocycles. The maximum absolute atomic E-state index is 12.9. The first-order chi connectivity index (χ1) is 16.9. The van der Waals surface area contributed by atoms with E-state index in [2.05, 4.69) is 10.7 Å². The molecule has 180 valence electrons. The zero-order valence-corrected chi connectivity index (χ0v) is 20.0. The molecule has 0 bridgehead atoms. The molecule has 7 heteroatoms. The molecule has 0 aliphatic carbocycles. The van der Waals surface area contributed by atoms with E-state index < -0.39 is 11.9 Å². The van der Waals surface area contributed by atoms with E-state index in [1.807, 2.05) is 54.4 Å². The van der Waals surface area contributed by atoms with Crippen LogP contribution in [0.25, 0.3) is 16.3 Å². The number of nitrogens with one attached hydrogen (secondary N) is 2. The minimum atomic E-state index is -0.599. The van der Waals surface area contributed by atoms with Crippen molar-refractivity contribution >= 4 is 39.8 Å². The van der Waals surface area contributed by atoms with E-state index in [1.54, 1.807) is 6.07 Å². The van der Waals surface area contributed by atoms with Crippen molar-refractivity contribution in [2.75, 3.05) is 25.5 Å². The van der Waals surface area contributed by atoms with Crippen LogP contribution in [0.4, 0.5) is 5.69 Å². The average molecular weight is 472 g/mol. The van der Waals surface area contributed by atoms with Crippen molar-refractivity contribution in [3.8, 4) is 0 Å². The van der Waals surface area contributed by atoms with Gasteiger partial charge >= 0.3 is 5.97 Å². The Labute approximate surface area is 204 Å². The number of benzene rings is 3. The summed E-state index contributed by atoms with van der Waals surface area (Å²) in [4.78, 5) is 37.9. The summed E-state index contributed by atoms with van der Waals surface area (Å²) in [5.74, 6) is -1.30. The van der Waals surface area contributed by atoms with Crippen molar-refractivity contribution in [3.05, 3.63) is 83.4 Å². The van der Waals surface area contributed by atoms with Crippen LogP contribution in [0.2, 0.25) is 0 Å². The fraction of sp³-hybridized carbons (Fsp3) is 0.250. The molecule has 35 heavy (non-hydrogen) atoms. The Bertz CT molecular complexity index is 1290. The van der Waals surface area contributed by atoms with E-state index in [0.717, 1.165) is 54.3 Å². The number of hydrazine groups is 1. The van der Waals surface area contributed by atoms with E-state index >= 15 is 0 Å². The molecule has 2 N–H and O–H groups in total. The van der Waals surface area contributed by atoms with E-state index in [4.69, 9.17) is 4.74 Å². The first kappa shape index (κ1) is 24.2. The predicted octanol–water partition coefficient (Wildman–Crippen LogP) is 4.80. The van der Waals surface area contributed by atoms with Crippen molar-refractivity contribution in [2.24, 2.45) is 0 Å². The Morgan fingerprint density at radius 2 is 1.60 bits per heavy atom. The first-order valence-corrected chi connectivity index (χ1v) is 11.7. The Hall–Kier alpha value is -3.97. The Balaban J connectivity index is 1.55. The van der Waals surface area contributed by atoms with Crippen LogP contribution in [0.15, 0.2) is 66.7 Å². The van der Waals surface area contributed by atoms with Crippen LogP contribution in [-0.2, 0) is 9.53 Å². The number of anilines is 1. The monoisotopic (exact) mass is 471 g/mol. The Kier molecular flexibility index (Phi) is 7.57. The minimum Gasteiger partial charge on any atom is -0.465 e. The second-order valence-electron chi connectivity index (χ2n) is 8.62. The number of hydrogen-bond donors (Lipinski definition) is 2. The molecule has 0 aromatic heterocycles. The zero-order valence-electron chi connectivity index (χ0n) is 20.0. The number of hydrogen-bond acceptors (Lipinski definition) is 5. The third-order valence-corrected chi connectivity index (χ3v) is 6.11. The van der Waals surface area contributed by atoms with E-state index in [9.17, 15) is 14.4 Å². The van der Waals surface area contributed by atoms with Crippen LogP contribution in [0.1, 0.15) is 52.5 Å². The number of ether oxygens (including phenoxy) is 1. The van der Waals surface area contributed by atoms with Gasteiger partial charge in [0.1, 0.15) is 0 Å². The van der Waals surface area contributed by atoms with Gasteiger partial charge < -0.3 is 10.1 Å². The van der Waals surface area contributed by atoms with Crippen LogP contribution < -0.4 is 10.7 Å². The maximum atomic E-state index is 12.9. The summed E-state index contributed by atoms with van der Waals surface area (Å²) >= 11 is 0. The molecule has 1 heterocycles. The molecule has 0 unspecified atom stereocenters. The Morgan fingerprint density at radius 1 is 0.886 bits per heavy atom. The lowest BCUT2D eigenvalue weighted by atomic mass is 10.0. The van der Waals surface area contributed by atoms with Crippen LogP contribution in [0.3, 0.4) is 0 Å². The van der Waals surface area contributed by atoms with Crippen molar-refractivity contribution in [2.45, 2.75) is 26.2 Å². The zero-order chi connectivity index (χ0) is 24.8. The first-order valence-electron chi connectivity index (χ1n) is 11.7. The van der Waals surface area contributed by atoms with Crippen molar-refractivity contribution in [1.82, 2.24) is 10.4 Å². The highest BCUT2D eigenvalue weighted by Gasteiger charge is 2.19.